The normalized spacial score (nSPS) is 10.6. The van der Waals surface area contributed by atoms with Crippen LogP contribution in [-0.4, -0.2) is 17.6 Å². The lowest BCUT2D eigenvalue weighted by molar-refractivity contribution is 0.0526. The Kier molecular flexibility index (Phi) is 6.14. The van der Waals surface area contributed by atoms with Crippen LogP contribution in [0.1, 0.15) is 22.2 Å². The number of halogens is 2. The van der Waals surface area contributed by atoms with Crippen molar-refractivity contribution in [2.45, 2.75) is 13.5 Å². The Labute approximate surface area is 165 Å². The van der Waals surface area contributed by atoms with Crippen LogP contribution >= 0.6 is 34.5 Å². The fraction of sp³-hybridized carbons (Fsp3) is 0.158. The molecular weight excluding hydrogens is 393 g/mol. The summed E-state index contributed by atoms with van der Waals surface area (Å²) in [7, 11) is 0. The number of hydrogen-bond acceptors (Lipinski definition) is 5. The molecule has 2 aromatic carbocycles. The molecule has 0 unspecified atom stereocenters. The van der Waals surface area contributed by atoms with Gasteiger partial charge in [0.1, 0.15) is 11.6 Å². The molecule has 0 aliphatic rings. The molecule has 0 aliphatic heterocycles. The number of thiazole rings is 1. The zero-order chi connectivity index (χ0) is 18.5. The molecule has 7 heteroatoms. The molecule has 0 saturated carbocycles. The number of rotatable bonds is 6. The van der Waals surface area contributed by atoms with Crippen molar-refractivity contribution >= 4 is 40.5 Å². The van der Waals surface area contributed by atoms with Crippen LogP contribution in [0.3, 0.4) is 0 Å². The number of carbonyl (C=O) groups is 1. The lowest BCUT2D eigenvalue weighted by atomic mass is 10.2. The monoisotopic (exact) mass is 407 g/mol. The van der Waals surface area contributed by atoms with Crippen LogP contribution in [0.15, 0.2) is 48.5 Å². The summed E-state index contributed by atoms with van der Waals surface area (Å²) in [5.74, 6) is -0.206. The van der Waals surface area contributed by atoms with Gasteiger partial charge in [0.2, 0.25) is 5.88 Å². The van der Waals surface area contributed by atoms with E-state index >= 15 is 0 Å². The van der Waals surface area contributed by atoms with Crippen molar-refractivity contribution in [2.75, 3.05) is 6.61 Å². The molecule has 0 aliphatic carbocycles. The third-order valence-electron chi connectivity index (χ3n) is 3.42. The maximum Gasteiger partial charge on any atom is 0.354 e. The van der Waals surface area contributed by atoms with Gasteiger partial charge in [-0.25, -0.2) is 9.78 Å². The summed E-state index contributed by atoms with van der Waals surface area (Å²) in [6.45, 7) is 2.30. The predicted octanol–water partition coefficient (Wildman–Crippen LogP) is 5.87. The highest BCUT2D eigenvalue weighted by Gasteiger charge is 2.21. The van der Waals surface area contributed by atoms with Gasteiger partial charge in [-0.3, -0.25) is 0 Å². The van der Waals surface area contributed by atoms with Gasteiger partial charge in [-0.2, -0.15) is 0 Å². The molecule has 1 aromatic heterocycles. The van der Waals surface area contributed by atoms with Gasteiger partial charge in [-0.15, -0.1) is 11.3 Å². The average molecular weight is 408 g/mol. The Bertz CT molecular complexity index is 909. The van der Waals surface area contributed by atoms with E-state index in [1.807, 2.05) is 24.3 Å². The molecule has 0 N–H and O–H groups in total. The van der Waals surface area contributed by atoms with Crippen LogP contribution in [-0.2, 0) is 11.3 Å². The van der Waals surface area contributed by atoms with Crippen LogP contribution in [0.25, 0.3) is 10.6 Å². The minimum Gasteiger partial charge on any atom is -0.472 e. The zero-order valence-electron chi connectivity index (χ0n) is 13.9. The first kappa shape index (κ1) is 18.7. The van der Waals surface area contributed by atoms with Gasteiger partial charge >= 0.3 is 5.97 Å². The molecule has 4 nitrogen and oxygen atoms in total. The first-order valence-corrected chi connectivity index (χ1v) is 9.45. The highest BCUT2D eigenvalue weighted by molar-refractivity contribution is 7.17. The molecule has 0 fully saturated rings. The number of esters is 1. The minimum absolute atomic E-state index is 0.248. The predicted molar refractivity (Wildman–Crippen MR) is 104 cm³/mol. The van der Waals surface area contributed by atoms with Crippen molar-refractivity contribution in [3.05, 3.63) is 69.0 Å². The van der Waals surface area contributed by atoms with Gasteiger partial charge in [0.25, 0.3) is 0 Å². The van der Waals surface area contributed by atoms with Crippen molar-refractivity contribution in [1.82, 2.24) is 4.98 Å². The minimum atomic E-state index is -0.454. The number of carbonyl (C=O) groups excluding carboxylic acids is 1. The van der Waals surface area contributed by atoms with Gasteiger partial charge in [0.15, 0.2) is 4.88 Å². The maximum atomic E-state index is 12.3. The van der Waals surface area contributed by atoms with E-state index in [4.69, 9.17) is 32.7 Å². The summed E-state index contributed by atoms with van der Waals surface area (Å²) >= 11 is 13.2. The van der Waals surface area contributed by atoms with E-state index in [1.54, 1.807) is 31.2 Å². The molecule has 3 aromatic rings. The topological polar surface area (TPSA) is 48.4 Å². The summed E-state index contributed by atoms with van der Waals surface area (Å²) in [4.78, 5) is 17.1. The molecule has 134 valence electrons. The highest BCUT2D eigenvalue weighted by Crippen LogP contribution is 2.34. The number of ether oxygens (including phenoxy) is 2. The smallest absolute Gasteiger partial charge is 0.354 e. The van der Waals surface area contributed by atoms with Crippen molar-refractivity contribution in [3.63, 3.8) is 0 Å². The van der Waals surface area contributed by atoms with E-state index in [0.29, 0.717) is 19.9 Å². The number of hydrogen-bond donors (Lipinski definition) is 0. The Morgan fingerprint density at radius 2 is 1.88 bits per heavy atom. The van der Waals surface area contributed by atoms with Crippen molar-refractivity contribution in [1.29, 1.82) is 0 Å². The molecule has 0 atom stereocenters. The van der Waals surface area contributed by atoms with Crippen LogP contribution in [0.5, 0.6) is 5.88 Å². The van der Waals surface area contributed by atoms with Gasteiger partial charge < -0.3 is 9.47 Å². The fourth-order valence-electron chi connectivity index (χ4n) is 2.21. The second kappa shape index (κ2) is 8.54. The average Bonchev–Trinajstić information content (AvgIpc) is 3.06. The summed E-state index contributed by atoms with van der Waals surface area (Å²) in [6, 6.07) is 14.6. The second-order valence-corrected chi connectivity index (χ2v) is 7.17. The summed E-state index contributed by atoms with van der Waals surface area (Å²) in [6.07, 6.45) is 0. The van der Waals surface area contributed by atoms with E-state index in [9.17, 15) is 4.79 Å². The Hall–Kier alpha value is -2.08. The largest absolute Gasteiger partial charge is 0.472 e. The van der Waals surface area contributed by atoms with E-state index < -0.39 is 5.97 Å². The van der Waals surface area contributed by atoms with E-state index in [0.717, 1.165) is 11.1 Å². The summed E-state index contributed by atoms with van der Waals surface area (Å²) < 4.78 is 10.9. The maximum absolute atomic E-state index is 12.3. The Morgan fingerprint density at radius 1 is 1.12 bits per heavy atom. The van der Waals surface area contributed by atoms with Crippen LogP contribution in [0, 0.1) is 0 Å². The molecule has 1 heterocycles. The van der Waals surface area contributed by atoms with Crippen LogP contribution in [0.4, 0.5) is 0 Å². The molecular formula is C19H15Cl2NO3S. The van der Waals surface area contributed by atoms with E-state index in [1.165, 1.54) is 11.3 Å². The highest BCUT2D eigenvalue weighted by atomic mass is 35.5. The summed E-state index contributed by atoms with van der Waals surface area (Å²) in [5.41, 5.74) is 1.73. The standard InChI is InChI=1S/C19H15Cl2NO3S/c1-2-24-19(23)16-17(25-11-12-6-8-14(20)9-7-12)22-18(26-16)13-4-3-5-15(21)10-13/h3-10H,2,11H2,1H3. The lowest BCUT2D eigenvalue weighted by Crippen LogP contribution is -2.05. The second-order valence-electron chi connectivity index (χ2n) is 5.30. The summed E-state index contributed by atoms with van der Waals surface area (Å²) in [5, 5.41) is 1.89. The molecule has 3 rings (SSSR count). The molecule has 0 spiro atoms. The molecule has 0 amide bonds. The van der Waals surface area contributed by atoms with Crippen molar-refractivity contribution in [2.24, 2.45) is 0 Å². The number of benzene rings is 2. The van der Waals surface area contributed by atoms with Gasteiger partial charge in [-0.05, 0) is 36.8 Å². The number of nitrogens with zero attached hydrogens (tertiary/aromatic N) is 1. The fourth-order valence-corrected chi connectivity index (χ4v) is 3.42. The third kappa shape index (κ3) is 4.55. The Balaban J connectivity index is 1.88. The zero-order valence-corrected chi connectivity index (χ0v) is 16.2. The molecule has 0 bridgehead atoms. The first-order chi connectivity index (χ1) is 12.6. The van der Waals surface area contributed by atoms with E-state index in [-0.39, 0.29) is 19.1 Å². The lowest BCUT2D eigenvalue weighted by Gasteiger charge is -2.05. The van der Waals surface area contributed by atoms with Crippen molar-refractivity contribution < 1.29 is 14.3 Å². The van der Waals surface area contributed by atoms with Gasteiger partial charge in [0.05, 0.1) is 6.61 Å². The first-order valence-electron chi connectivity index (χ1n) is 7.88. The molecule has 0 radical (unpaired) electrons. The number of aromatic nitrogens is 1. The van der Waals surface area contributed by atoms with Crippen LogP contribution in [0.2, 0.25) is 10.0 Å². The van der Waals surface area contributed by atoms with Gasteiger partial charge in [0, 0.05) is 15.6 Å². The van der Waals surface area contributed by atoms with E-state index in [2.05, 4.69) is 4.98 Å². The van der Waals surface area contributed by atoms with Crippen molar-refractivity contribution in [3.8, 4) is 16.5 Å². The molecule has 26 heavy (non-hydrogen) atoms. The van der Waals surface area contributed by atoms with Crippen LogP contribution < -0.4 is 4.74 Å². The third-order valence-corrected chi connectivity index (χ3v) is 4.97. The quantitative estimate of drug-likeness (QED) is 0.479. The SMILES string of the molecule is CCOC(=O)c1sc(-c2cccc(Cl)c2)nc1OCc1ccc(Cl)cc1. The molecule has 0 saturated heterocycles. The Morgan fingerprint density at radius 3 is 2.58 bits per heavy atom. The van der Waals surface area contributed by atoms with Gasteiger partial charge in [-0.1, -0.05) is 47.5 Å².